The van der Waals surface area contributed by atoms with Gasteiger partial charge in [-0.15, -0.1) is 0 Å². The van der Waals surface area contributed by atoms with Crippen molar-refractivity contribution in [1.29, 1.82) is 5.26 Å². The summed E-state index contributed by atoms with van der Waals surface area (Å²) in [6.45, 7) is 3.45. The summed E-state index contributed by atoms with van der Waals surface area (Å²) in [5, 5.41) is 11.8. The Hall–Kier alpha value is -3.07. The van der Waals surface area contributed by atoms with Gasteiger partial charge in [-0.1, -0.05) is 30.3 Å². The molecule has 2 aromatic rings. The van der Waals surface area contributed by atoms with Gasteiger partial charge in [-0.05, 0) is 24.1 Å². The molecule has 1 aliphatic heterocycles. The molecule has 1 aromatic heterocycles. The van der Waals surface area contributed by atoms with E-state index in [1.165, 1.54) is 5.56 Å². The topological polar surface area (TPSA) is 72.3 Å². The van der Waals surface area contributed by atoms with Gasteiger partial charge in [0.25, 0.3) is 0 Å². The van der Waals surface area contributed by atoms with Crippen LogP contribution < -0.4 is 10.2 Å². The van der Waals surface area contributed by atoms with Crippen LogP contribution in [0.5, 0.6) is 0 Å². The average molecular weight is 335 g/mol. The van der Waals surface area contributed by atoms with Crippen LogP contribution in [0.15, 0.2) is 48.7 Å². The standard InChI is InChI=1S/C19H21N5O/c20-14-17-6-7-18(22-15-17)23-10-12-24(13-11-23)19(25)21-9-8-16-4-2-1-3-5-16/h1-7,15H,8-13H2,(H,21,25). The second kappa shape index (κ2) is 8.15. The minimum atomic E-state index is -0.0108. The number of anilines is 1. The molecule has 0 atom stereocenters. The Kier molecular flexibility index (Phi) is 5.47. The number of carbonyl (C=O) groups is 1. The van der Waals surface area contributed by atoms with Crippen LogP contribution in [0.1, 0.15) is 11.1 Å². The first-order valence-corrected chi connectivity index (χ1v) is 8.44. The molecule has 0 aliphatic carbocycles. The fourth-order valence-electron chi connectivity index (χ4n) is 2.85. The minimum Gasteiger partial charge on any atom is -0.353 e. The molecule has 1 saturated heterocycles. The molecular weight excluding hydrogens is 314 g/mol. The van der Waals surface area contributed by atoms with Gasteiger partial charge in [0, 0.05) is 38.9 Å². The number of nitrogens with one attached hydrogen (secondary N) is 1. The number of aromatic nitrogens is 1. The van der Waals surface area contributed by atoms with E-state index in [9.17, 15) is 4.79 Å². The third kappa shape index (κ3) is 4.48. The van der Waals surface area contributed by atoms with Crippen LogP contribution in [-0.2, 0) is 6.42 Å². The highest BCUT2D eigenvalue weighted by molar-refractivity contribution is 5.74. The summed E-state index contributed by atoms with van der Waals surface area (Å²) in [7, 11) is 0. The molecule has 6 heteroatoms. The SMILES string of the molecule is N#Cc1ccc(N2CCN(C(=O)NCCc3ccccc3)CC2)nc1. The Morgan fingerprint density at radius 3 is 2.52 bits per heavy atom. The number of urea groups is 1. The summed E-state index contributed by atoms with van der Waals surface area (Å²) in [6, 6.07) is 15.8. The van der Waals surface area contributed by atoms with Crippen molar-refractivity contribution in [3.63, 3.8) is 0 Å². The van der Waals surface area contributed by atoms with Crippen LogP contribution >= 0.6 is 0 Å². The number of piperazine rings is 1. The first-order valence-electron chi connectivity index (χ1n) is 8.44. The van der Waals surface area contributed by atoms with Crippen molar-refractivity contribution < 1.29 is 4.79 Å². The second-order valence-electron chi connectivity index (χ2n) is 5.96. The van der Waals surface area contributed by atoms with Crippen LogP contribution in [0.3, 0.4) is 0 Å². The Morgan fingerprint density at radius 1 is 1.12 bits per heavy atom. The third-order valence-electron chi connectivity index (χ3n) is 4.30. The molecule has 0 saturated carbocycles. The number of rotatable bonds is 4. The van der Waals surface area contributed by atoms with Gasteiger partial charge in [-0.25, -0.2) is 9.78 Å². The molecule has 0 unspecified atom stereocenters. The maximum absolute atomic E-state index is 12.3. The van der Waals surface area contributed by atoms with E-state index < -0.39 is 0 Å². The van der Waals surface area contributed by atoms with E-state index in [1.54, 1.807) is 12.3 Å². The Bertz CT molecular complexity index is 731. The lowest BCUT2D eigenvalue weighted by Crippen LogP contribution is -2.52. The van der Waals surface area contributed by atoms with Crippen LogP contribution in [0.4, 0.5) is 10.6 Å². The number of nitriles is 1. The van der Waals surface area contributed by atoms with Crippen molar-refractivity contribution in [1.82, 2.24) is 15.2 Å². The van der Waals surface area contributed by atoms with Gasteiger partial charge < -0.3 is 15.1 Å². The lowest BCUT2D eigenvalue weighted by molar-refractivity contribution is 0.194. The molecule has 3 rings (SSSR count). The zero-order chi connectivity index (χ0) is 17.5. The second-order valence-corrected chi connectivity index (χ2v) is 5.96. The molecular formula is C19H21N5O. The zero-order valence-corrected chi connectivity index (χ0v) is 14.1. The van der Waals surface area contributed by atoms with Crippen molar-refractivity contribution in [3.8, 4) is 6.07 Å². The van der Waals surface area contributed by atoms with Gasteiger partial charge in [0.2, 0.25) is 0 Å². The third-order valence-corrected chi connectivity index (χ3v) is 4.30. The molecule has 2 heterocycles. The molecule has 1 fully saturated rings. The van der Waals surface area contributed by atoms with Crippen LogP contribution in [0.25, 0.3) is 0 Å². The predicted molar refractivity (Wildman–Crippen MR) is 96.3 cm³/mol. The molecule has 0 bridgehead atoms. The van der Waals surface area contributed by atoms with Gasteiger partial charge >= 0.3 is 6.03 Å². The average Bonchev–Trinajstić information content (AvgIpc) is 2.69. The van der Waals surface area contributed by atoms with Crippen LogP contribution in [0.2, 0.25) is 0 Å². The van der Waals surface area contributed by atoms with Crippen molar-refractivity contribution in [2.75, 3.05) is 37.6 Å². The summed E-state index contributed by atoms with van der Waals surface area (Å²) < 4.78 is 0. The molecule has 128 valence electrons. The number of hydrogen-bond donors (Lipinski definition) is 1. The van der Waals surface area contributed by atoms with E-state index in [0.29, 0.717) is 25.2 Å². The Morgan fingerprint density at radius 2 is 1.88 bits per heavy atom. The lowest BCUT2D eigenvalue weighted by Gasteiger charge is -2.35. The molecule has 1 aliphatic rings. The highest BCUT2D eigenvalue weighted by Gasteiger charge is 2.21. The fourth-order valence-corrected chi connectivity index (χ4v) is 2.85. The quantitative estimate of drug-likeness (QED) is 0.928. The summed E-state index contributed by atoms with van der Waals surface area (Å²) in [4.78, 5) is 20.5. The summed E-state index contributed by atoms with van der Waals surface area (Å²) in [6.07, 6.45) is 2.42. The van der Waals surface area contributed by atoms with Crippen LogP contribution in [0, 0.1) is 11.3 Å². The fraction of sp³-hybridized carbons (Fsp3) is 0.316. The van der Waals surface area contributed by atoms with Gasteiger partial charge in [-0.3, -0.25) is 0 Å². The maximum atomic E-state index is 12.3. The summed E-state index contributed by atoms with van der Waals surface area (Å²) in [5.74, 6) is 0.850. The number of benzene rings is 1. The zero-order valence-electron chi connectivity index (χ0n) is 14.1. The molecule has 2 amide bonds. The van der Waals surface area contributed by atoms with E-state index in [2.05, 4.69) is 33.4 Å². The maximum Gasteiger partial charge on any atom is 0.317 e. The molecule has 6 nitrogen and oxygen atoms in total. The van der Waals surface area contributed by atoms with E-state index in [0.717, 1.165) is 25.3 Å². The number of pyridine rings is 1. The lowest BCUT2D eigenvalue weighted by atomic mass is 10.1. The molecule has 0 radical (unpaired) electrons. The van der Waals surface area contributed by atoms with Gasteiger partial charge in [0.1, 0.15) is 11.9 Å². The van der Waals surface area contributed by atoms with Crippen molar-refractivity contribution in [3.05, 3.63) is 59.8 Å². The van der Waals surface area contributed by atoms with Crippen molar-refractivity contribution in [2.24, 2.45) is 0 Å². The Balaban J connectivity index is 1.43. The first kappa shape index (κ1) is 16.8. The summed E-state index contributed by atoms with van der Waals surface area (Å²) in [5.41, 5.74) is 1.78. The largest absolute Gasteiger partial charge is 0.353 e. The van der Waals surface area contributed by atoms with E-state index in [1.807, 2.05) is 29.2 Å². The number of nitrogens with zero attached hydrogens (tertiary/aromatic N) is 4. The molecule has 1 aromatic carbocycles. The normalized spacial score (nSPS) is 14.0. The van der Waals surface area contributed by atoms with Gasteiger partial charge in [0.05, 0.1) is 5.56 Å². The molecule has 25 heavy (non-hydrogen) atoms. The number of amides is 2. The number of hydrogen-bond acceptors (Lipinski definition) is 4. The van der Waals surface area contributed by atoms with Gasteiger partial charge in [0.15, 0.2) is 0 Å². The minimum absolute atomic E-state index is 0.0108. The number of carbonyl (C=O) groups excluding carboxylic acids is 1. The van der Waals surface area contributed by atoms with E-state index >= 15 is 0 Å². The van der Waals surface area contributed by atoms with E-state index in [4.69, 9.17) is 5.26 Å². The highest BCUT2D eigenvalue weighted by atomic mass is 16.2. The molecule has 1 N–H and O–H groups in total. The van der Waals surface area contributed by atoms with Crippen molar-refractivity contribution in [2.45, 2.75) is 6.42 Å². The first-order chi connectivity index (χ1) is 12.3. The van der Waals surface area contributed by atoms with Crippen LogP contribution in [-0.4, -0.2) is 48.6 Å². The smallest absolute Gasteiger partial charge is 0.317 e. The molecule has 0 spiro atoms. The highest BCUT2D eigenvalue weighted by Crippen LogP contribution is 2.14. The Labute approximate surface area is 147 Å². The monoisotopic (exact) mass is 335 g/mol. The summed E-state index contributed by atoms with van der Waals surface area (Å²) >= 11 is 0. The van der Waals surface area contributed by atoms with Gasteiger partial charge in [-0.2, -0.15) is 5.26 Å². The van der Waals surface area contributed by atoms with Crippen molar-refractivity contribution >= 4 is 11.8 Å². The van der Waals surface area contributed by atoms with E-state index in [-0.39, 0.29) is 6.03 Å². The predicted octanol–water partition coefficient (Wildman–Crippen LogP) is 2.03.